The van der Waals surface area contributed by atoms with Crippen LogP contribution in [0.4, 0.5) is 5.69 Å². The molecule has 0 saturated carbocycles. The zero-order chi connectivity index (χ0) is 10.1. The zero-order valence-electron chi connectivity index (χ0n) is 8.61. The molecule has 1 nitrogen and oxygen atoms in total. The Morgan fingerprint density at radius 3 is 2.31 bits per heavy atom. The fourth-order valence-corrected chi connectivity index (χ4v) is 1.72. The molecule has 0 heterocycles. The molecular formula is C11H16BrN. The second-order valence-corrected chi connectivity index (χ2v) is 5.11. The standard InChI is InChI=1S/C11H16BrN/c1-11(2,3)9-7-8(12)5-6-10(9)13-4/h5-7,13H,1-4H3. The highest BCUT2D eigenvalue weighted by Crippen LogP contribution is 2.31. The topological polar surface area (TPSA) is 12.0 Å². The van der Waals surface area contributed by atoms with Crippen molar-refractivity contribution in [3.05, 3.63) is 28.2 Å². The SMILES string of the molecule is CNc1ccc(Br)cc1C(C)(C)C. The summed E-state index contributed by atoms with van der Waals surface area (Å²) in [5, 5.41) is 3.21. The van der Waals surface area contributed by atoms with Gasteiger partial charge < -0.3 is 5.32 Å². The number of nitrogens with one attached hydrogen (secondary N) is 1. The monoisotopic (exact) mass is 241 g/mol. The van der Waals surface area contributed by atoms with E-state index in [2.05, 4.69) is 60.2 Å². The first-order valence-corrected chi connectivity index (χ1v) is 5.22. The third-order valence-corrected chi connectivity index (χ3v) is 2.55. The largest absolute Gasteiger partial charge is 0.388 e. The quantitative estimate of drug-likeness (QED) is 0.790. The smallest absolute Gasteiger partial charge is 0.0376 e. The van der Waals surface area contributed by atoms with Gasteiger partial charge in [-0.05, 0) is 29.2 Å². The van der Waals surface area contributed by atoms with Crippen molar-refractivity contribution < 1.29 is 0 Å². The molecule has 0 atom stereocenters. The first kappa shape index (κ1) is 10.6. The Morgan fingerprint density at radius 2 is 1.85 bits per heavy atom. The highest BCUT2D eigenvalue weighted by Gasteiger charge is 2.17. The molecule has 1 rings (SSSR count). The van der Waals surface area contributed by atoms with Crippen molar-refractivity contribution in [3.63, 3.8) is 0 Å². The van der Waals surface area contributed by atoms with Crippen LogP contribution >= 0.6 is 15.9 Å². The summed E-state index contributed by atoms with van der Waals surface area (Å²) in [5.74, 6) is 0. The molecule has 1 aromatic rings. The molecule has 0 unspecified atom stereocenters. The second-order valence-electron chi connectivity index (χ2n) is 4.19. The number of rotatable bonds is 1. The highest BCUT2D eigenvalue weighted by atomic mass is 79.9. The molecule has 2 heteroatoms. The van der Waals surface area contributed by atoms with Crippen LogP contribution in [-0.2, 0) is 5.41 Å². The summed E-state index contributed by atoms with van der Waals surface area (Å²) in [6.45, 7) is 6.65. The lowest BCUT2D eigenvalue weighted by Crippen LogP contribution is -2.13. The summed E-state index contributed by atoms with van der Waals surface area (Å²) in [6, 6.07) is 6.33. The molecular weight excluding hydrogens is 226 g/mol. The first-order chi connectivity index (χ1) is 5.95. The van der Waals surface area contributed by atoms with Crippen molar-refractivity contribution in [1.29, 1.82) is 0 Å². The summed E-state index contributed by atoms with van der Waals surface area (Å²) in [5.41, 5.74) is 2.72. The van der Waals surface area contributed by atoms with Crippen LogP contribution < -0.4 is 5.32 Å². The third kappa shape index (κ3) is 2.47. The van der Waals surface area contributed by atoms with Crippen LogP contribution in [0.3, 0.4) is 0 Å². The zero-order valence-corrected chi connectivity index (χ0v) is 10.2. The lowest BCUT2D eigenvalue weighted by atomic mass is 9.86. The van der Waals surface area contributed by atoms with E-state index in [1.165, 1.54) is 11.3 Å². The van der Waals surface area contributed by atoms with Crippen molar-refractivity contribution in [2.75, 3.05) is 12.4 Å². The molecule has 0 aliphatic heterocycles. The van der Waals surface area contributed by atoms with Crippen LogP contribution in [0, 0.1) is 0 Å². The van der Waals surface area contributed by atoms with E-state index in [1.54, 1.807) is 0 Å². The Balaban J connectivity index is 3.24. The van der Waals surface area contributed by atoms with Gasteiger partial charge in [0.25, 0.3) is 0 Å². The number of hydrogen-bond donors (Lipinski definition) is 1. The highest BCUT2D eigenvalue weighted by molar-refractivity contribution is 9.10. The molecule has 13 heavy (non-hydrogen) atoms. The summed E-state index contributed by atoms with van der Waals surface area (Å²) in [6.07, 6.45) is 0. The van der Waals surface area contributed by atoms with E-state index in [9.17, 15) is 0 Å². The van der Waals surface area contributed by atoms with E-state index in [-0.39, 0.29) is 5.41 Å². The number of halogens is 1. The number of benzene rings is 1. The van der Waals surface area contributed by atoms with Gasteiger partial charge in [-0.2, -0.15) is 0 Å². The minimum atomic E-state index is 0.183. The van der Waals surface area contributed by atoms with E-state index in [1.807, 2.05) is 7.05 Å². The van der Waals surface area contributed by atoms with E-state index < -0.39 is 0 Å². The van der Waals surface area contributed by atoms with Gasteiger partial charge >= 0.3 is 0 Å². The van der Waals surface area contributed by atoms with Crippen LogP contribution in [0.25, 0.3) is 0 Å². The van der Waals surface area contributed by atoms with Crippen LogP contribution in [-0.4, -0.2) is 7.05 Å². The molecule has 72 valence electrons. The van der Waals surface area contributed by atoms with Crippen LogP contribution in [0.15, 0.2) is 22.7 Å². The summed E-state index contributed by atoms with van der Waals surface area (Å²) in [4.78, 5) is 0. The predicted octanol–water partition coefficient (Wildman–Crippen LogP) is 3.79. The Bertz CT molecular complexity index is 299. The number of anilines is 1. The summed E-state index contributed by atoms with van der Waals surface area (Å²) >= 11 is 3.49. The van der Waals surface area contributed by atoms with Crippen molar-refractivity contribution in [3.8, 4) is 0 Å². The molecule has 1 N–H and O–H groups in total. The Morgan fingerprint density at radius 1 is 1.23 bits per heavy atom. The molecule has 0 fully saturated rings. The van der Waals surface area contributed by atoms with Gasteiger partial charge in [-0.3, -0.25) is 0 Å². The molecule has 0 aliphatic carbocycles. The van der Waals surface area contributed by atoms with Crippen molar-refractivity contribution in [1.82, 2.24) is 0 Å². The molecule has 0 radical (unpaired) electrons. The average Bonchev–Trinajstić information content (AvgIpc) is 2.03. The van der Waals surface area contributed by atoms with Gasteiger partial charge in [-0.15, -0.1) is 0 Å². The summed E-state index contributed by atoms with van der Waals surface area (Å²) in [7, 11) is 1.96. The Kier molecular flexibility index (Phi) is 3.01. The van der Waals surface area contributed by atoms with Gasteiger partial charge in [0.15, 0.2) is 0 Å². The Hall–Kier alpha value is -0.500. The number of hydrogen-bond acceptors (Lipinski definition) is 1. The minimum absolute atomic E-state index is 0.183. The van der Waals surface area contributed by atoms with Gasteiger partial charge in [0, 0.05) is 17.2 Å². The van der Waals surface area contributed by atoms with Crippen molar-refractivity contribution in [2.24, 2.45) is 0 Å². The van der Waals surface area contributed by atoms with Gasteiger partial charge in [-0.25, -0.2) is 0 Å². The molecule has 0 aromatic heterocycles. The molecule has 1 aromatic carbocycles. The predicted molar refractivity (Wildman–Crippen MR) is 62.4 cm³/mol. The molecule has 0 amide bonds. The lowest BCUT2D eigenvalue weighted by Gasteiger charge is -2.22. The fraction of sp³-hybridized carbons (Fsp3) is 0.455. The molecule has 0 spiro atoms. The fourth-order valence-electron chi connectivity index (χ4n) is 1.35. The van der Waals surface area contributed by atoms with Crippen LogP contribution in [0.2, 0.25) is 0 Å². The van der Waals surface area contributed by atoms with Gasteiger partial charge in [0.05, 0.1) is 0 Å². The normalized spacial score (nSPS) is 11.5. The van der Waals surface area contributed by atoms with E-state index >= 15 is 0 Å². The van der Waals surface area contributed by atoms with Crippen molar-refractivity contribution in [2.45, 2.75) is 26.2 Å². The maximum atomic E-state index is 3.49. The van der Waals surface area contributed by atoms with Gasteiger partial charge in [-0.1, -0.05) is 36.7 Å². The first-order valence-electron chi connectivity index (χ1n) is 4.43. The maximum Gasteiger partial charge on any atom is 0.0376 e. The van der Waals surface area contributed by atoms with E-state index in [4.69, 9.17) is 0 Å². The molecule has 0 bridgehead atoms. The van der Waals surface area contributed by atoms with E-state index in [0.717, 1.165) is 4.47 Å². The van der Waals surface area contributed by atoms with Crippen molar-refractivity contribution >= 4 is 21.6 Å². The van der Waals surface area contributed by atoms with Crippen LogP contribution in [0.1, 0.15) is 26.3 Å². The summed E-state index contributed by atoms with van der Waals surface area (Å²) < 4.78 is 1.14. The average molecular weight is 242 g/mol. The lowest BCUT2D eigenvalue weighted by molar-refractivity contribution is 0.591. The van der Waals surface area contributed by atoms with Gasteiger partial charge in [0.1, 0.15) is 0 Å². The third-order valence-electron chi connectivity index (χ3n) is 2.06. The minimum Gasteiger partial charge on any atom is -0.388 e. The second kappa shape index (κ2) is 3.70. The maximum absolute atomic E-state index is 3.49. The molecule has 0 aliphatic rings. The van der Waals surface area contributed by atoms with Crippen LogP contribution in [0.5, 0.6) is 0 Å². The van der Waals surface area contributed by atoms with E-state index in [0.29, 0.717) is 0 Å². The Labute approximate surface area is 88.7 Å². The van der Waals surface area contributed by atoms with Gasteiger partial charge in [0.2, 0.25) is 0 Å². The molecule has 0 saturated heterocycles.